The molecule has 18 rings (SSSR count). The fraction of sp³-hybridized carbons (Fsp3) is 0. The first-order valence-corrected chi connectivity index (χ1v) is 32.8. The molecule has 2 aliphatic rings. The van der Waals surface area contributed by atoms with Gasteiger partial charge in [-0.2, -0.15) is 0 Å². The van der Waals surface area contributed by atoms with Crippen LogP contribution in [-0.2, 0) is 9.13 Å². The summed E-state index contributed by atoms with van der Waals surface area (Å²) < 4.78 is 65.9. The summed E-state index contributed by atoms with van der Waals surface area (Å²) in [5.41, 5.74) is 9.43. The van der Waals surface area contributed by atoms with Gasteiger partial charge in [-0.25, -0.2) is 9.13 Å². The number of hydrogen-bond acceptors (Lipinski definition) is 6. The van der Waals surface area contributed by atoms with E-state index in [0.29, 0.717) is 43.8 Å². The van der Waals surface area contributed by atoms with Crippen molar-refractivity contribution in [3.05, 3.63) is 291 Å². The van der Waals surface area contributed by atoms with Crippen molar-refractivity contribution in [2.24, 2.45) is 0 Å². The van der Waals surface area contributed by atoms with Gasteiger partial charge in [-0.1, -0.05) is 272 Å². The second kappa shape index (κ2) is 19.9. The molecule has 0 spiro atoms. The highest BCUT2D eigenvalue weighted by molar-refractivity contribution is 7.68. The van der Waals surface area contributed by atoms with E-state index in [1.165, 1.54) is 0 Å². The van der Waals surface area contributed by atoms with E-state index in [-0.39, 0.29) is 23.0 Å². The summed E-state index contributed by atoms with van der Waals surface area (Å²) in [6.45, 7) is 0. The third kappa shape index (κ3) is 8.17. The van der Waals surface area contributed by atoms with Crippen molar-refractivity contribution < 1.29 is 27.2 Å². The molecule has 420 valence electrons. The Morgan fingerprint density at radius 1 is 0.225 bits per heavy atom. The maximum atomic E-state index is 17.9. The van der Waals surface area contributed by atoms with Crippen molar-refractivity contribution in [1.82, 2.24) is 4.86 Å². The van der Waals surface area contributed by atoms with Gasteiger partial charge in [-0.05, 0) is 133 Å². The number of fused-ring (bicyclic) bond motifs is 22. The molecular formula is C80H49NO6P2. The first-order valence-electron chi connectivity index (χ1n) is 29.8. The second-order valence-electron chi connectivity index (χ2n) is 23.0. The van der Waals surface area contributed by atoms with Gasteiger partial charge in [0.05, 0.1) is 0 Å². The molecule has 9 heteroatoms. The molecule has 0 atom stereocenters. The summed E-state index contributed by atoms with van der Waals surface area (Å²) in [5, 5.41) is 13.3. The number of nitrogens with one attached hydrogen (secondary N) is 1. The van der Waals surface area contributed by atoms with E-state index in [1.54, 1.807) is 0 Å². The van der Waals surface area contributed by atoms with Gasteiger partial charge in [0.1, 0.15) is 23.0 Å². The van der Waals surface area contributed by atoms with Crippen LogP contribution in [0.3, 0.4) is 0 Å². The van der Waals surface area contributed by atoms with Gasteiger partial charge in [-0.3, -0.25) is 0 Å². The standard InChI is InChI=1S/C80H49NO6P2/c82-88(84-77-69-57(41-37-53-29-13-17-33-61(53)69)45-65(49-21-5-1-6-22-49)73(77)74-66(50-23-7-2-8-24-50)46-58-42-38-54-30-14-18-34-62(54)70(58)78(74)85-88)81-89(83)86-79-71-59(43-39-55-31-15-19-35-63(55)71)47-67(51-25-9-3-10-26-51)75(79)76-68(52-27-11-4-12-28-52)48-60-44-40-56-32-16-20-36-64(56)72(60)80(76)87-89/h1-48H,(H,81,82,83). The minimum atomic E-state index is -5.21. The Hall–Kier alpha value is -10.8. The van der Waals surface area contributed by atoms with Gasteiger partial charge in [-0.15, -0.1) is 0 Å². The lowest BCUT2D eigenvalue weighted by Crippen LogP contribution is -2.21. The zero-order valence-corrected chi connectivity index (χ0v) is 49.3. The molecule has 0 fully saturated rings. The summed E-state index contributed by atoms with van der Waals surface area (Å²) in [5.74, 6) is 1.10. The molecule has 89 heavy (non-hydrogen) atoms. The van der Waals surface area contributed by atoms with Gasteiger partial charge in [0.25, 0.3) is 0 Å². The molecule has 2 aliphatic heterocycles. The Labute approximate surface area is 511 Å². The maximum Gasteiger partial charge on any atom is 0.524 e. The van der Waals surface area contributed by atoms with E-state index in [9.17, 15) is 0 Å². The third-order valence-corrected chi connectivity index (χ3v) is 21.5. The first kappa shape index (κ1) is 51.4. The highest BCUT2D eigenvalue weighted by Gasteiger charge is 2.50. The molecule has 2 heterocycles. The van der Waals surface area contributed by atoms with Crippen LogP contribution in [0.4, 0.5) is 0 Å². The van der Waals surface area contributed by atoms with Crippen molar-refractivity contribution >= 4 is 102 Å². The molecule has 0 aromatic heterocycles. The van der Waals surface area contributed by atoms with Crippen molar-refractivity contribution in [1.29, 1.82) is 0 Å². The smallest absolute Gasteiger partial charge is 0.403 e. The van der Waals surface area contributed by atoms with Crippen LogP contribution in [0.1, 0.15) is 0 Å². The van der Waals surface area contributed by atoms with Gasteiger partial charge < -0.3 is 18.1 Å². The lowest BCUT2D eigenvalue weighted by molar-refractivity contribution is 0.361. The molecule has 0 aliphatic carbocycles. The molecule has 7 nitrogen and oxygen atoms in total. The van der Waals surface area contributed by atoms with Crippen LogP contribution in [0.15, 0.2) is 291 Å². The second-order valence-corrected chi connectivity index (χ2v) is 26.5. The Morgan fingerprint density at radius 3 is 0.663 bits per heavy atom. The summed E-state index contributed by atoms with van der Waals surface area (Å²) in [4.78, 5) is 3.16. The van der Waals surface area contributed by atoms with Gasteiger partial charge in [0, 0.05) is 43.8 Å². The quantitative estimate of drug-likeness (QED) is 0.131. The average Bonchev–Trinajstić information content (AvgIpc) is 1.71. The third-order valence-electron chi connectivity index (χ3n) is 17.9. The number of benzene rings is 16. The van der Waals surface area contributed by atoms with E-state index >= 15 is 9.13 Å². The minimum absolute atomic E-state index is 0.275. The fourth-order valence-corrected chi connectivity index (χ4v) is 17.7. The Balaban J connectivity index is 0.997. The van der Waals surface area contributed by atoms with Gasteiger partial charge >= 0.3 is 15.5 Å². The molecule has 0 amide bonds. The summed E-state index contributed by atoms with van der Waals surface area (Å²) >= 11 is 0. The Kier molecular flexibility index (Phi) is 11.5. The van der Waals surface area contributed by atoms with Crippen LogP contribution in [0.25, 0.3) is 153 Å². The highest BCUT2D eigenvalue weighted by Crippen LogP contribution is 2.69. The van der Waals surface area contributed by atoms with E-state index in [2.05, 4.69) is 175 Å². The first-order chi connectivity index (χ1) is 43.8. The van der Waals surface area contributed by atoms with Crippen LogP contribution >= 0.6 is 15.5 Å². The number of hydrogen-bond donors (Lipinski definition) is 1. The predicted octanol–water partition coefficient (Wildman–Crippen LogP) is 23.0. The van der Waals surface area contributed by atoms with E-state index in [0.717, 1.165) is 109 Å². The maximum absolute atomic E-state index is 17.9. The Bertz CT molecular complexity index is 5080. The molecule has 0 saturated heterocycles. The topological polar surface area (TPSA) is 83.1 Å². The summed E-state index contributed by atoms with van der Waals surface area (Å²) in [6, 6.07) is 98.9. The van der Waals surface area contributed by atoms with Crippen LogP contribution in [0, 0.1) is 0 Å². The van der Waals surface area contributed by atoms with Crippen molar-refractivity contribution in [2.75, 3.05) is 0 Å². The summed E-state index contributed by atoms with van der Waals surface area (Å²) in [6.07, 6.45) is 0. The van der Waals surface area contributed by atoms with Crippen molar-refractivity contribution in [3.63, 3.8) is 0 Å². The van der Waals surface area contributed by atoms with E-state index in [1.807, 2.05) is 121 Å². The molecule has 0 unspecified atom stereocenters. The van der Waals surface area contributed by atoms with Crippen molar-refractivity contribution in [3.8, 4) is 89.8 Å². The Morgan fingerprint density at radius 2 is 0.427 bits per heavy atom. The zero-order valence-electron chi connectivity index (χ0n) is 47.6. The van der Waals surface area contributed by atoms with Gasteiger partial charge in [0.2, 0.25) is 0 Å². The molecule has 0 bridgehead atoms. The molecule has 0 radical (unpaired) electrons. The van der Waals surface area contributed by atoms with Crippen LogP contribution < -0.4 is 23.0 Å². The average molecular weight is 1180 g/mol. The normalized spacial score (nSPS) is 13.8. The SMILES string of the molecule is O=P1(NP2(=O)Oc3c(c(-c4ccccc4)cc4ccc5ccccc5c34)-c3c(-c4ccccc4)cc4ccc5ccccc5c4c3O2)Oc2c(c(-c3ccccc3)cc3ccc4ccccc4c23)-c2c(-c3ccccc3)cc3ccc4ccccc4c3c2O1. The predicted molar refractivity (Wildman–Crippen MR) is 366 cm³/mol. The van der Waals surface area contributed by atoms with Crippen LogP contribution in [0.2, 0.25) is 0 Å². The minimum Gasteiger partial charge on any atom is -0.403 e. The summed E-state index contributed by atoms with van der Waals surface area (Å²) in [7, 11) is -10.4. The van der Waals surface area contributed by atoms with Crippen molar-refractivity contribution in [2.45, 2.75) is 0 Å². The van der Waals surface area contributed by atoms with Crippen LogP contribution in [-0.4, -0.2) is 0 Å². The lowest BCUT2D eigenvalue weighted by atomic mass is 9.83. The van der Waals surface area contributed by atoms with E-state index in [4.69, 9.17) is 18.1 Å². The largest absolute Gasteiger partial charge is 0.524 e. The van der Waals surface area contributed by atoms with Crippen LogP contribution in [0.5, 0.6) is 23.0 Å². The molecule has 16 aromatic carbocycles. The lowest BCUT2D eigenvalue weighted by Gasteiger charge is -2.26. The highest BCUT2D eigenvalue weighted by atomic mass is 31.3. The molecular weight excluding hydrogens is 1130 g/mol. The number of rotatable bonds is 6. The molecule has 16 aromatic rings. The van der Waals surface area contributed by atoms with Gasteiger partial charge in [0.15, 0.2) is 0 Å². The van der Waals surface area contributed by atoms with E-state index < -0.39 is 15.5 Å². The molecule has 0 saturated carbocycles. The molecule has 1 N–H and O–H groups in total. The zero-order chi connectivity index (χ0) is 59.0. The fourth-order valence-electron chi connectivity index (χ4n) is 14.0. The monoisotopic (exact) mass is 1180 g/mol.